The van der Waals surface area contributed by atoms with E-state index in [4.69, 9.17) is 11.6 Å². The predicted octanol–water partition coefficient (Wildman–Crippen LogP) is 2.58. The van der Waals surface area contributed by atoms with Gasteiger partial charge in [0.25, 0.3) is 0 Å². The molecule has 0 aromatic heterocycles. The quantitative estimate of drug-likeness (QED) is 0.480. The van der Waals surface area contributed by atoms with Crippen LogP contribution in [0, 0.1) is 0 Å². The second kappa shape index (κ2) is 7.74. The molecule has 1 aromatic carbocycles. The minimum absolute atomic E-state index is 0.562. The fraction of sp³-hybridized carbons (Fsp3) is 0.308. The second-order valence-corrected chi connectivity index (χ2v) is 3.86. The number of guanidine groups is 1. The monoisotopic (exact) mass is 251 g/mol. The molecule has 3 nitrogen and oxygen atoms in total. The first-order valence-corrected chi connectivity index (χ1v) is 6.02. The van der Waals surface area contributed by atoms with E-state index in [2.05, 4.69) is 22.2 Å². The van der Waals surface area contributed by atoms with E-state index in [1.54, 1.807) is 6.08 Å². The number of hydrogen-bond acceptors (Lipinski definition) is 1. The highest BCUT2D eigenvalue weighted by molar-refractivity contribution is 6.31. The minimum Gasteiger partial charge on any atom is -0.357 e. The third-order valence-corrected chi connectivity index (χ3v) is 2.49. The molecule has 4 heteroatoms. The third kappa shape index (κ3) is 4.91. The standard InChI is InChI=1S/C13H18ClN3/c1-3-9-16-13(15-4-2)17-10-11-7-5-6-8-12(11)14/h3,5-8H,1,4,9-10H2,2H3,(H2,15,16,17). The van der Waals surface area contributed by atoms with Gasteiger partial charge in [0, 0.05) is 18.1 Å². The van der Waals surface area contributed by atoms with E-state index < -0.39 is 0 Å². The molecule has 0 aliphatic heterocycles. The largest absolute Gasteiger partial charge is 0.357 e. The van der Waals surface area contributed by atoms with Gasteiger partial charge in [-0.25, -0.2) is 4.99 Å². The maximum absolute atomic E-state index is 6.06. The fourth-order valence-corrected chi connectivity index (χ4v) is 1.50. The highest BCUT2D eigenvalue weighted by atomic mass is 35.5. The average Bonchev–Trinajstić information content (AvgIpc) is 2.34. The summed E-state index contributed by atoms with van der Waals surface area (Å²) in [5, 5.41) is 7.04. The molecule has 0 radical (unpaired) electrons. The van der Waals surface area contributed by atoms with Crippen molar-refractivity contribution < 1.29 is 0 Å². The minimum atomic E-state index is 0.562. The van der Waals surface area contributed by atoms with E-state index in [9.17, 15) is 0 Å². The van der Waals surface area contributed by atoms with Gasteiger partial charge in [-0.3, -0.25) is 0 Å². The Hall–Kier alpha value is -1.48. The summed E-state index contributed by atoms with van der Waals surface area (Å²) < 4.78 is 0. The van der Waals surface area contributed by atoms with Crippen molar-refractivity contribution in [2.24, 2.45) is 4.99 Å². The summed E-state index contributed by atoms with van der Waals surface area (Å²) >= 11 is 6.06. The molecule has 0 aliphatic carbocycles. The molecule has 17 heavy (non-hydrogen) atoms. The molecule has 0 saturated carbocycles. The predicted molar refractivity (Wildman–Crippen MR) is 74.5 cm³/mol. The lowest BCUT2D eigenvalue weighted by molar-refractivity contribution is 0.860. The molecule has 0 amide bonds. The summed E-state index contributed by atoms with van der Waals surface area (Å²) in [4.78, 5) is 4.44. The Morgan fingerprint density at radius 3 is 2.82 bits per heavy atom. The van der Waals surface area contributed by atoms with Gasteiger partial charge >= 0.3 is 0 Å². The zero-order valence-corrected chi connectivity index (χ0v) is 10.8. The smallest absolute Gasteiger partial charge is 0.191 e. The molecule has 1 rings (SSSR count). The van der Waals surface area contributed by atoms with Crippen molar-refractivity contribution in [2.45, 2.75) is 13.5 Å². The first kappa shape index (κ1) is 13.6. The van der Waals surface area contributed by atoms with Crippen molar-refractivity contribution in [3.05, 3.63) is 47.5 Å². The normalized spacial score (nSPS) is 11.1. The number of rotatable bonds is 5. The molecule has 0 bridgehead atoms. The molecule has 0 spiro atoms. The summed E-state index contributed by atoms with van der Waals surface area (Å²) in [6, 6.07) is 7.72. The van der Waals surface area contributed by atoms with E-state index in [0.717, 1.165) is 23.1 Å². The van der Waals surface area contributed by atoms with Gasteiger partial charge < -0.3 is 10.6 Å². The molecule has 0 saturated heterocycles. The Morgan fingerprint density at radius 2 is 2.18 bits per heavy atom. The van der Waals surface area contributed by atoms with E-state index in [1.807, 2.05) is 31.2 Å². The van der Waals surface area contributed by atoms with Crippen LogP contribution in [0.5, 0.6) is 0 Å². The number of halogens is 1. The fourth-order valence-electron chi connectivity index (χ4n) is 1.30. The molecule has 1 aromatic rings. The van der Waals surface area contributed by atoms with E-state index in [-0.39, 0.29) is 0 Å². The SMILES string of the molecule is C=CCNC(=NCc1ccccc1Cl)NCC. The van der Waals surface area contributed by atoms with Gasteiger partial charge in [0.1, 0.15) is 0 Å². The molecule has 0 atom stereocenters. The molecule has 92 valence electrons. The van der Waals surface area contributed by atoms with Gasteiger partial charge in [0.05, 0.1) is 6.54 Å². The third-order valence-electron chi connectivity index (χ3n) is 2.12. The van der Waals surface area contributed by atoms with Crippen molar-refractivity contribution in [3.63, 3.8) is 0 Å². The molecule has 2 N–H and O–H groups in total. The van der Waals surface area contributed by atoms with E-state index >= 15 is 0 Å². The Morgan fingerprint density at radius 1 is 1.41 bits per heavy atom. The first-order valence-electron chi connectivity index (χ1n) is 5.64. The lowest BCUT2D eigenvalue weighted by Crippen LogP contribution is -2.37. The van der Waals surface area contributed by atoms with Crippen molar-refractivity contribution in [1.82, 2.24) is 10.6 Å². The van der Waals surface area contributed by atoms with Gasteiger partial charge in [-0.2, -0.15) is 0 Å². The van der Waals surface area contributed by atoms with Crippen molar-refractivity contribution in [1.29, 1.82) is 0 Å². The highest BCUT2D eigenvalue weighted by Crippen LogP contribution is 2.15. The zero-order chi connectivity index (χ0) is 12.5. The lowest BCUT2D eigenvalue weighted by atomic mass is 10.2. The summed E-state index contributed by atoms with van der Waals surface area (Å²) in [6.45, 7) is 7.76. The van der Waals surface area contributed by atoms with E-state index in [1.165, 1.54) is 0 Å². The van der Waals surface area contributed by atoms with Crippen LogP contribution >= 0.6 is 11.6 Å². The molecule has 0 unspecified atom stereocenters. The van der Waals surface area contributed by atoms with Crippen LogP contribution in [-0.4, -0.2) is 19.0 Å². The molecule has 0 fully saturated rings. The lowest BCUT2D eigenvalue weighted by Gasteiger charge is -2.09. The van der Waals surface area contributed by atoms with Gasteiger partial charge in [-0.05, 0) is 18.6 Å². The number of benzene rings is 1. The van der Waals surface area contributed by atoms with Gasteiger partial charge in [-0.15, -0.1) is 6.58 Å². The molecule has 0 aliphatic rings. The molecular weight excluding hydrogens is 234 g/mol. The van der Waals surface area contributed by atoms with Gasteiger partial charge in [0.15, 0.2) is 5.96 Å². The Bertz CT molecular complexity index is 388. The van der Waals surface area contributed by atoms with Crippen LogP contribution in [0.25, 0.3) is 0 Å². The molecular formula is C13H18ClN3. The summed E-state index contributed by atoms with van der Waals surface area (Å²) in [6.07, 6.45) is 1.79. The first-order chi connectivity index (χ1) is 8.27. The van der Waals surface area contributed by atoms with Crippen molar-refractivity contribution >= 4 is 17.6 Å². The Labute approximate surface area is 108 Å². The number of aliphatic imine (C=N–C) groups is 1. The second-order valence-electron chi connectivity index (χ2n) is 3.46. The molecule has 0 heterocycles. The number of nitrogens with zero attached hydrogens (tertiary/aromatic N) is 1. The van der Waals surface area contributed by atoms with Crippen LogP contribution in [0.4, 0.5) is 0 Å². The summed E-state index contributed by atoms with van der Waals surface area (Å²) in [5.41, 5.74) is 1.02. The topological polar surface area (TPSA) is 36.4 Å². The maximum atomic E-state index is 6.06. The highest BCUT2D eigenvalue weighted by Gasteiger charge is 1.99. The van der Waals surface area contributed by atoms with Crippen molar-refractivity contribution in [2.75, 3.05) is 13.1 Å². The summed E-state index contributed by atoms with van der Waals surface area (Å²) in [7, 11) is 0. The van der Waals surface area contributed by atoms with Crippen molar-refractivity contribution in [3.8, 4) is 0 Å². The van der Waals surface area contributed by atoms with Gasteiger partial charge in [0.2, 0.25) is 0 Å². The van der Waals surface area contributed by atoms with Crippen LogP contribution < -0.4 is 10.6 Å². The van der Waals surface area contributed by atoms with E-state index in [0.29, 0.717) is 13.1 Å². The average molecular weight is 252 g/mol. The summed E-state index contributed by atoms with van der Waals surface area (Å²) in [5.74, 6) is 0.771. The Kier molecular flexibility index (Phi) is 6.18. The maximum Gasteiger partial charge on any atom is 0.191 e. The van der Waals surface area contributed by atoms with Crippen LogP contribution in [0.1, 0.15) is 12.5 Å². The van der Waals surface area contributed by atoms with Gasteiger partial charge in [-0.1, -0.05) is 35.9 Å². The number of nitrogens with one attached hydrogen (secondary N) is 2. The Balaban J connectivity index is 2.64. The van der Waals surface area contributed by atoms with Crippen LogP contribution in [0.3, 0.4) is 0 Å². The zero-order valence-electron chi connectivity index (χ0n) is 10.0. The van der Waals surface area contributed by atoms with Crippen LogP contribution in [-0.2, 0) is 6.54 Å². The number of hydrogen-bond donors (Lipinski definition) is 2. The van der Waals surface area contributed by atoms with Crippen LogP contribution in [0.2, 0.25) is 5.02 Å². The van der Waals surface area contributed by atoms with Crippen LogP contribution in [0.15, 0.2) is 41.9 Å².